The molecule has 1 aliphatic heterocycles. The van der Waals surface area contributed by atoms with Gasteiger partial charge < -0.3 is 10.6 Å². The van der Waals surface area contributed by atoms with E-state index in [4.69, 9.17) is 0 Å². The third kappa shape index (κ3) is 4.89. The minimum Gasteiger partial charge on any atom is -0.355 e. The fraction of sp³-hybridized carbons (Fsp3) is 0.650. The monoisotopic (exact) mass is 395 g/mol. The van der Waals surface area contributed by atoms with Crippen LogP contribution in [0.4, 0.5) is 0 Å². The number of nitrogens with one attached hydrogen (secondary N) is 2. The van der Waals surface area contributed by atoms with Crippen molar-refractivity contribution in [2.75, 3.05) is 32.7 Å². The number of hydrogen-bond donors (Lipinski definition) is 2. The van der Waals surface area contributed by atoms with Crippen LogP contribution in [0.15, 0.2) is 11.0 Å². The molecule has 2 rings (SSSR count). The molecule has 0 spiro atoms. The average molecular weight is 396 g/mol. The van der Waals surface area contributed by atoms with E-state index >= 15 is 0 Å². The number of aryl methyl sites for hydroxylation is 2. The van der Waals surface area contributed by atoms with Crippen molar-refractivity contribution in [2.24, 2.45) is 5.92 Å². The molecule has 1 aromatic carbocycles. The quantitative estimate of drug-likeness (QED) is 0.693. The van der Waals surface area contributed by atoms with Crippen molar-refractivity contribution in [3.05, 3.63) is 28.3 Å². The van der Waals surface area contributed by atoms with Gasteiger partial charge in [-0.1, -0.05) is 13.0 Å². The Labute approximate surface area is 163 Å². The third-order valence-electron chi connectivity index (χ3n) is 5.57. The molecule has 0 radical (unpaired) electrons. The SMILES string of the molecule is CCNCCNC(=O)C1CCN(S(=O)(=O)c2c(C)c(C)cc(C)c2C)CC1. The van der Waals surface area contributed by atoms with Crippen LogP contribution in [-0.4, -0.2) is 51.4 Å². The van der Waals surface area contributed by atoms with Gasteiger partial charge in [0, 0.05) is 32.1 Å². The van der Waals surface area contributed by atoms with Crippen LogP contribution < -0.4 is 10.6 Å². The minimum atomic E-state index is -3.55. The fourth-order valence-corrected chi connectivity index (χ4v) is 5.70. The second-order valence-electron chi connectivity index (χ2n) is 7.41. The van der Waals surface area contributed by atoms with Gasteiger partial charge in [-0.05, 0) is 69.3 Å². The van der Waals surface area contributed by atoms with E-state index < -0.39 is 10.0 Å². The third-order valence-corrected chi connectivity index (χ3v) is 7.74. The normalized spacial score (nSPS) is 16.5. The molecule has 0 saturated carbocycles. The number of sulfonamides is 1. The molecule has 1 amide bonds. The van der Waals surface area contributed by atoms with Crippen LogP contribution in [0.25, 0.3) is 0 Å². The van der Waals surface area contributed by atoms with E-state index in [1.165, 1.54) is 0 Å². The van der Waals surface area contributed by atoms with Crippen molar-refractivity contribution < 1.29 is 13.2 Å². The van der Waals surface area contributed by atoms with Gasteiger partial charge in [-0.25, -0.2) is 8.42 Å². The summed E-state index contributed by atoms with van der Waals surface area (Å²) in [6.45, 7) is 12.7. The number of amides is 1. The van der Waals surface area contributed by atoms with Crippen LogP contribution in [0.3, 0.4) is 0 Å². The Bertz CT molecular complexity index is 756. The first-order valence-corrected chi connectivity index (χ1v) is 11.2. The number of benzene rings is 1. The first-order chi connectivity index (χ1) is 12.7. The molecule has 1 saturated heterocycles. The number of likely N-dealkylation sites (N-methyl/N-ethyl adjacent to an activating group) is 1. The Morgan fingerprint density at radius 1 is 1.07 bits per heavy atom. The molecule has 1 fully saturated rings. The highest BCUT2D eigenvalue weighted by molar-refractivity contribution is 7.89. The van der Waals surface area contributed by atoms with Gasteiger partial charge in [-0.2, -0.15) is 4.31 Å². The topological polar surface area (TPSA) is 78.5 Å². The predicted molar refractivity (Wildman–Crippen MR) is 108 cm³/mol. The van der Waals surface area contributed by atoms with Crippen LogP contribution in [-0.2, 0) is 14.8 Å². The molecule has 1 aliphatic rings. The van der Waals surface area contributed by atoms with E-state index in [9.17, 15) is 13.2 Å². The molecule has 0 aromatic heterocycles. The van der Waals surface area contributed by atoms with Crippen molar-refractivity contribution in [1.29, 1.82) is 0 Å². The zero-order valence-corrected chi connectivity index (χ0v) is 18.0. The summed E-state index contributed by atoms with van der Waals surface area (Å²) in [5, 5.41) is 6.11. The Hall–Kier alpha value is -1.44. The van der Waals surface area contributed by atoms with Gasteiger partial charge in [-0.3, -0.25) is 4.79 Å². The minimum absolute atomic E-state index is 0.0312. The van der Waals surface area contributed by atoms with Gasteiger partial charge in [0.2, 0.25) is 15.9 Å². The highest BCUT2D eigenvalue weighted by Crippen LogP contribution is 2.31. The highest BCUT2D eigenvalue weighted by atomic mass is 32.2. The van der Waals surface area contributed by atoms with E-state index in [0.29, 0.717) is 37.4 Å². The Morgan fingerprint density at radius 2 is 1.63 bits per heavy atom. The van der Waals surface area contributed by atoms with Crippen LogP contribution in [0.5, 0.6) is 0 Å². The molecule has 27 heavy (non-hydrogen) atoms. The van der Waals surface area contributed by atoms with Gasteiger partial charge in [-0.15, -0.1) is 0 Å². The summed E-state index contributed by atoms with van der Waals surface area (Å²) < 4.78 is 28.1. The summed E-state index contributed by atoms with van der Waals surface area (Å²) in [5.41, 5.74) is 3.63. The maximum absolute atomic E-state index is 13.3. The summed E-state index contributed by atoms with van der Waals surface area (Å²) >= 11 is 0. The molecule has 0 aliphatic carbocycles. The number of carbonyl (C=O) groups is 1. The standard InChI is InChI=1S/C20H33N3O3S/c1-6-21-9-10-22-20(24)18-7-11-23(12-8-18)27(25,26)19-16(4)14(2)13-15(3)17(19)5/h13,18,21H,6-12H2,1-5H3,(H,22,24). The van der Waals surface area contributed by atoms with Gasteiger partial charge in [0.1, 0.15) is 0 Å². The molecule has 0 atom stereocenters. The number of nitrogens with zero attached hydrogens (tertiary/aromatic N) is 1. The second-order valence-corrected chi connectivity index (χ2v) is 9.29. The summed E-state index contributed by atoms with van der Waals surface area (Å²) in [6.07, 6.45) is 1.13. The molecule has 152 valence electrons. The van der Waals surface area contributed by atoms with Crippen molar-refractivity contribution in [3.8, 4) is 0 Å². The number of rotatable bonds is 7. The van der Waals surface area contributed by atoms with Crippen LogP contribution >= 0.6 is 0 Å². The first kappa shape index (κ1) is 21.9. The van der Waals surface area contributed by atoms with E-state index in [1.807, 2.05) is 40.7 Å². The lowest BCUT2D eigenvalue weighted by Gasteiger charge is -2.31. The van der Waals surface area contributed by atoms with E-state index in [1.54, 1.807) is 4.31 Å². The predicted octanol–water partition coefficient (Wildman–Crippen LogP) is 2.05. The van der Waals surface area contributed by atoms with Crippen LogP contribution in [0.1, 0.15) is 42.0 Å². The maximum atomic E-state index is 13.3. The lowest BCUT2D eigenvalue weighted by Crippen LogP contribution is -2.44. The summed E-state index contributed by atoms with van der Waals surface area (Å²) in [5.74, 6) is -0.0803. The summed E-state index contributed by atoms with van der Waals surface area (Å²) in [7, 11) is -3.55. The smallest absolute Gasteiger partial charge is 0.243 e. The van der Waals surface area contributed by atoms with Crippen molar-refractivity contribution in [2.45, 2.75) is 52.4 Å². The summed E-state index contributed by atoms with van der Waals surface area (Å²) in [6, 6.07) is 2.04. The molecule has 1 aromatic rings. The Kier molecular flexibility index (Phi) is 7.42. The molecule has 7 heteroatoms. The lowest BCUT2D eigenvalue weighted by atomic mass is 9.97. The fourth-order valence-electron chi connectivity index (χ4n) is 3.65. The van der Waals surface area contributed by atoms with E-state index in [2.05, 4.69) is 10.6 Å². The zero-order chi connectivity index (χ0) is 20.2. The van der Waals surface area contributed by atoms with Gasteiger partial charge in [0.05, 0.1) is 4.90 Å². The molecule has 1 heterocycles. The van der Waals surface area contributed by atoms with Crippen LogP contribution in [0, 0.1) is 33.6 Å². The Morgan fingerprint density at radius 3 is 2.15 bits per heavy atom. The van der Waals surface area contributed by atoms with Crippen molar-refractivity contribution >= 4 is 15.9 Å². The van der Waals surface area contributed by atoms with E-state index in [0.717, 1.165) is 35.3 Å². The molecule has 0 unspecified atom stereocenters. The Balaban J connectivity index is 2.07. The van der Waals surface area contributed by atoms with E-state index in [-0.39, 0.29) is 11.8 Å². The van der Waals surface area contributed by atoms with Crippen LogP contribution in [0.2, 0.25) is 0 Å². The average Bonchev–Trinajstić information content (AvgIpc) is 2.63. The second kappa shape index (κ2) is 9.17. The van der Waals surface area contributed by atoms with Crippen molar-refractivity contribution in [1.82, 2.24) is 14.9 Å². The molecule has 0 bridgehead atoms. The first-order valence-electron chi connectivity index (χ1n) is 9.76. The molecular weight excluding hydrogens is 362 g/mol. The highest BCUT2D eigenvalue weighted by Gasteiger charge is 2.34. The zero-order valence-electron chi connectivity index (χ0n) is 17.2. The molecule has 2 N–H and O–H groups in total. The van der Waals surface area contributed by atoms with Gasteiger partial charge >= 0.3 is 0 Å². The maximum Gasteiger partial charge on any atom is 0.243 e. The number of piperidine rings is 1. The number of hydrogen-bond acceptors (Lipinski definition) is 4. The number of carbonyl (C=O) groups excluding carboxylic acids is 1. The lowest BCUT2D eigenvalue weighted by molar-refractivity contribution is -0.126. The van der Waals surface area contributed by atoms with Crippen molar-refractivity contribution in [3.63, 3.8) is 0 Å². The van der Waals surface area contributed by atoms with Gasteiger partial charge in [0.15, 0.2) is 0 Å². The largest absolute Gasteiger partial charge is 0.355 e. The molecule has 6 nitrogen and oxygen atoms in total. The molecular formula is C20H33N3O3S. The van der Waals surface area contributed by atoms with Gasteiger partial charge in [0.25, 0.3) is 0 Å². The summed E-state index contributed by atoms with van der Waals surface area (Å²) in [4.78, 5) is 12.7.